The molecule has 0 rings (SSSR count). The van der Waals surface area contributed by atoms with E-state index in [1.165, 1.54) is 103 Å². The van der Waals surface area contributed by atoms with E-state index in [-0.39, 0.29) is 52.9 Å². The molecule has 0 heterocycles. The van der Waals surface area contributed by atoms with E-state index >= 15 is 0 Å². The molecule has 45 heavy (non-hydrogen) atoms. The van der Waals surface area contributed by atoms with Crippen molar-refractivity contribution in [1.29, 1.82) is 0 Å². The van der Waals surface area contributed by atoms with Crippen molar-refractivity contribution in [3.8, 4) is 0 Å². The van der Waals surface area contributed by atoms with Gasteiger partial charge in [-0.15, -0.1) is 0 Å². The first-order chi connectivity index (χ1) is 21.6. The van der Waals surface area contributed by atoms with E-state index in [2.05, 4.69) is 13.8 Å². The molecule has 0 aromatic carbocycles. The highest BCUT2D eigenvalue weighted by Gasteiger charge is 1.96. The smallest absolute Gasteiger partial charge is 0.100 e. The standard InChI is InChI=1S/C20H42O.4C3H8O3/c1-3-5-7-9-11-13-15-17-19-21-20-18-16-14-12-10-8-6-4-2;4*4-1-3(6)2-5/h3-20H2,1-2H3;4*3-6H,1-2H2. The van der Waals surface area contributed by atoms with Crippen molar-refractivity contribution in [3.05, 3.63) is 0 Å². The van der Waals surface area contributed by atoms with Gasteiger partial charge in [0.2, 0.25) is 0 Å². The van der Waals surface area contributed by atoms with Gasteiger partial charge in [-0.05, 0) is 12.8 Å². The summed E-state index contributed by atoms with van der Waals surface area (Å²) in [6.07, 6.45) is 18.4. The Morgan fingerprint density at radius 2 is 0.489 bits per heavy atom. The van der Waals surface area contributed by atoms with E-state index in [0.29, 0.717) is 0 Å². The molecular weight excluding hydrogens is 592 g/mol. The zero-order valence-corrected chi connectivity index (χ0v) is 28.5. The summed E-state index contributed by atoms with van der Waals surface area (Å²) in [6, 6.07) is 0. The molecule has 0 saturated carbocycles. The lowest BCUT2D eigenvalue weighted by molar-refractivity contribution is 0.0450. The van der Waals surface area contributed by atoms with Crippen LogP contribution in [0.15, 0.2) is 0 Å². The van der Waals surface area contributed by atoms with Gasteiger partial charge < -0.3 is 66.0 Å². The summed E-state index contributed by atoms with van der Waals surface area (Å²) < 4.78 is 5.72. The van der Waals surface area contributed by atoms with Crippen LogP contribution in [0.3, 0.4) is 0 Å². The molecule has 0 radical (unpaired) electrons. The number of hydrogen-bond acceptors (Lipinski definition) is 13. The summed E-state index contributed by atoms with van der Waals surface area (Å²) in [5.41, 5.74) is 0. The molecule has 0 unspecified atom stereocenters. The Morgan fingerprint density at radius 3 is 0.644 bits per heavy atom. The highest BCUT2D eigenvalue weighted by atomic mass is 16.5. The molecule has 0 amide bonds. The van der Waals surface area contributed by atoms with Gasteiger partial charge in [0.25, 0.3) is 0 Å². The van der Waals surface area contributed by atoms with Gasteiger partial charge >= 0.3 is 0 Å². The van der Waals surface area contributed by atoms with Crippen LogP contribution in [0, 0.1) is 0 Å². The number of hydrogen-bond donors (Lipinski definition) is 12. The Morgan fingerprint density at radius 1 is 0.311 bits per heavy atom. The van der Waals surface area contributed by atoms with Crippen LogP contribution in [0.2, 0.25) is 0 Å². The van der Waals surface area contributed by atoms with Crippen molar-refractivity contribution in [3.63, 3.8) is 0 Å². The summed E-state index contributed by atoms with van der Waals surface area (Å²) in [5, 5.41) is 96.1. The van der Waals surface area contributed by atoms with Crippen molar-refractivity contribution in [2.24, 2.45) is 0 Å². The third-order valence-corrected chi connectivity index (χ3v) is 5.97. The van der Waals surface area contributed by atoms with Gasteiger partial charge in [-0.25, -0.2) is 0 Å². The Balaban J connectivity index is -0.000000179. The quantitative estimate of drug-likeness (QED) is 0.0566. The molecule has 0 saturated heterocycles. The zero-order valence-electron chi connectivity index (χ0n) is 28.5. The Hall–Kier alpha value is -0.520. The molecule has 0 bridgehead atoms. The van der Waals surface area contributed by atoms with Gasteiger partial charge in [0, 0.05) is 13.2 Å². The first-order valence-corrected chi connectivity index (χ1v) is 16.8. The minimum absolute atomic E-state index is 0.365. The van der Waals surface area contributed by atoms with Gasteiger partial charge in [0.05, 0.1) is 52.9 Å². The van der Waals surface area contributed by atoms with E-state index < -0.39 is 24.4 Å². The third kappa shape index (κ3) is 66.7. The molecular formula is C32H74O13. The van der Waals surface area contributed by atoms with Crippen LogP contribution >= 0.6 is 0 Å². The maximum absolute atomic E-state index is 8.17. The first kappa shape index (κ1) is 53.9. The second-order valence-electron chi connectivity index (χ2n) is 10.6. The van der Waals surface area contributed by atoms with Crippen LogP contribution in [0.25, 0.3) is 0 Å². The molecule has 13 heteroatoms. The maximum Gasteiger partial charge on any atom is 0.100 e. The maximum atomic E-state index is 8.17. The summed E-state index contributed by atoms with van der Waals surface area (Å²) in [4.78, 5) is 0. The zero-order chi connectivity index (χ0) is 35.4. The fraction of sp³-hybridized carbons (Fsp3) is 1.00. The molecule has 12 N–H and O–H groups in total. The van der Waals surface area contributed by atoms with E-state index in [1.54, 1.807) is 0 Å². The lowest BCUT2D eigenvalue weighted by atomic mass is 10.1. The van der Waals surface area contributed by atoms with Crippen LogP contribution < -0.4 is 0 Å². The fourth-order valence-corrected chi connectivity index (χ4v) is 3.01. The van der Waals surface area contributed by atoms with Crippen molar-refractivity contribution < 1.29 is 66.0 Å². The molecule has 0 aliphatic carbocycles. The Kier molecular flexibility index (Phi) is 63.5. The van der Waals surface area contributed by atoms with Crippen LogP contribution in [-0.2, 0) is 4.74 Å². The van der Waals surface area contributed by atoms with E-state index in [4.69, 9.17) is 66.0 Å². The average Bonchev–Trinajstić information content (AvgIpc) is 3.09. The van der Waals surface area contributed by atoms with Gasteiger partial charge in [0.1, 0.15) is 24.4 Å². The topological polar surface area (TPSA) is 252 Å². The largest absolute Gasteiger partial charge is 0.394 e. The Labute approximate surface area is 273 Å². The lowest BCUT2D eigenvalue weighted by Gasteiger charge is -2.05. The van der Waals surface area contributed by atoms with Gasteiger partial charge in [-0.3, -0.25) is 0 Å². The SMILES string of the molecule is CCCCCCCCCCOCCCCCCCCCC.OCC(O)CO.OCC(O)CO.OCC(O)CO.OCC(O)CO. The first-order valence-electron chi connectivity index (χ1n) is 16.8. The molecule has 13 nitrogen and oxygen atoms in total. The second-order valence-corrected chi connectivity index (χ2v) is 10.6. The summed E-state index contributed by atoms with van der Waals surface area (Å²) in [7, 11) is 0. The molecule has 0 aliphatic heterocycles. The predicted octanol–water partition coefficient (Wildman–Crippen LogP) is 0.612. The molecule has 0 aromatic rings. The van der Waals surface area contributed by atoms with Crippen LogP contribution in [0.1, 0.15) is 117 Å². The number of ether oxygens (including phenoxy) is 1. The number of aliphatic hydroxyl groups excluding tert-OH is 12. The molecule has 0 spiro atoms. The van der Waals surface area contributed by atoms with Crippen molar-refractivity contribution >= 4 is 0 Å². The normalized spacial score (nSPS) is 10.5. The highest BCUT2D eigenvalue weighted by molar-refractivity contribution is 4.48. The minimum Gasteiger partial charge on any atom is -0.394 e. The highest BCUT2D eigenvalue weighted by Crippen LogP contribution is 2.10. The minimum atomic E-state index is -0.954. The van der Waals surface area contributed by atoms with Crippen molar-refractivity contribution in [2.75, 3.05) is 66.1 Å². The molecule has 280 valence electrons. The molecule has 0 aromatic heterocycles. The molecule has 0 atom stereocenters. The summed E-state index contributed by atoms with van der Waals surface area (Å²) >= 11 is 0. The van der Waals surface area contributed by atoms with E-state index in [0.717, 1.165) is 13.2 Å². The third-order valence-electron chi connectivity index (χ3n) is 5.97. The molecule has 0 fully saturated rings. The number of aliphatic hydroxyl groups is 12. The van der Waals surface area contributed by atoms with Crippen LogP contribution in [0.4, 0.5) is 0 Å². The molecule has 0 aliphatic rings. The second kappa shape index (κ2) is 53.0. The van der Waals surface area contributed by atoms with E-state index in [9.17, 15) is 0 Å². The number of unbranched alkanes of at least 4 members (excludes halogenated alkanes) is 14. The fourth-order valence-electron chi connectivity index (χ4n) is 3.01. The van der Waals surface area contributed by atoms with Crippen LogP contribution in [0.5, 0.6) is 0 Å². The lowest BCUT2D eigenvalue weighted by Crippen LogP contribution is -2.15. The van der Waals surface area contributed by atoms with E-state index in [1.807, 2.05) is 0 Å². The van der Waals surface area contributed by atoms with Crippen molar-refractivity contribution in [1.82, 2.24) is 0 Å². The van der Waals surface area contributed by atoms with Crippen molar-refractivity contribution in [2.45, 2.75) is 141 Å². The van der Waals surface area contributed by atoms with Gasteiger partial charge in [0.15, 0.2) is 0 Å². The summed E-state index contributed by atoms with van der Waals surface area (Å²) in [5.74, 6) is 0. The monoisotopic (exact) mass is 667 g/mol. The summed E-state index contributed by atoms with van der Waals surface area (Å²) in [6.45, 7) is 3.63. The van der Waals surface area contributed by atoms with Gasteiger partial charge in [-0.2, -0.15) is 0 Å². The van der Waals surface area contributed by atoms with Gasteiger partial charge in [-0.1, -0.05) is 104 Å². The van der Waals surface area contributed by atoms with Crippen LogP contribution in [-0.4, -0.2) is 152 Å². The number of rotatable bonds is 26. The Bertz CT molecular complexity index is 377. The predicted molar refractivity (Wildman–Crippen MR) is 177 cm³/mol. The average molecular weight is 667 g/mol.